The van der Waals surface area contributed by atoms with Gasteiger partial charge in [-0.25, -0.2) is 8.42 Å². The molecule has 21 heavy (non-hydrogen) atoms. The molecule has 1 aromatic carbocycles. The fourth-order valence-electron chi connectivity index (χ4n) is 2.80. The van der Waals surface area contributed by atoms with Gasteiger partial charge in [0, 0.05) is 18.6 Å². The highest BCUT2D eigenvalue weighted by Crippen LogP contribution is 2.26. The van der Waals surface area contributed by atoms with Crippen LogP contribution in [0, 0.1) is 0 Å². The number of benzene rings is 1. The SMILES string of the molecule is CCNC(C)c1ccc(S(=O)(=O)N2CCCC2CO)cc1. The molecule has 1 aliphatic heterocycles. The Balaban J connectivity index is 2.21. The number of aliphatic hydroxyl groups excluding tert-OH is 1. The molecular weight excluding hydrogens is 288 g/mol. The molecule has 0 radical (unpaired) electrons. The minimum absolute atomic E-state index is 0.116. The van der Waals surface area contributed by atoms with Gasteiger partial charge in [0.05, 0.1) is 11.5 Å². The van der Waals surface area contributed by atoms with Crippen LogP contribution < -0.4 is 5.32 Å². The topological polar surface area (TPSA) is 69.6 Å². The number of nitrogens with one attached hydrogen (secondary N) is 1. The number of sulfonamides is 1. The zero-order valence-corrected chi connectivity index (χ0v) is 13.4. The lowest BCUT2D eigenvalue weighted by Crippen LogP contribution is -2.37. The van der Waals surface area contributed by atoms with Gasteiger partial charge in [0.15, 0.2) is 0 Å². The number of hydrogen-bond acceptors (Lipinski definition) is 4. The first-order valence-electron chi connectivity index (χ1n) is 7.46. The summed E-state index contributed by atoms with van der Waals surface area (Å²) in [6, 6.07) is 6.93. The Bertz CT molecular complexity index is 557. The van der Waals surface area contributed by atoms with Gasteiger partial charge in [0.2, 0.25) is 10.0 Å². The first-order chi connectivity index (χ1) is 10.0. The molecule has 1 heterocycles. The largest absolute Gasteiger partial charge is 0.395 e. The smallest absolute Gasteiger partial charge is 0.243 e. The van der Waals surface area contributed by atoms with Crippen molar-refractivity contribution in [3.63, 3.8) is 0 Å². The van der Waals surface area contributed by atoms with Crippen molar-refractivity contribution in [2.45, 2.75) is 43.7 Å². The maximum absolute atomic E-state index is 12.6. The summed E-state index contributed by atoms with van der Waals surface area (Å²) in [5.74, 6) is 0. The number of rotatable bonds is 6. The van der Waals surface area contributed by atoms with Crippen LogP contribution in [0.15, 0.2) is 29.2 Å². The molecule has 0 aliphatic carbocycles. The average Bonchev–Trinajstić information content (AvgIpc) is 2.97. The fourth-order valence-corrected chi connectivity index (χ4v) is 4.48. The fraction of sp³-hybridized carbons (Fsp3) is 0.600. The third-order valence-electron chi connectivity index (χ3n) is 4.03. The average molecular weight is 312 g/mol. The van der Waals surface area contributed by atoms with Crippen LogP contribution >= 0.6 is 0 Å². The van der Waals surface area contributed by atoms with Gasteiger partial charge in [0.25, 0.3) is 0 Å². The van der Waals surface area contributed by atoms with Crippen LogP contribution in [0.1, 0.15) is 38.3 Å². The summed E-state index contributed by atoms with van der Waals surface area (Å²) in [6.45, 7) is 5.33. The maximum atomic E-state index is 12.6. The van der Waals surface area contributed by atoms with Crippen LogP contribution in [0.25, 0.3) is 0 Å². The van der Waals surface area contributed by atoms with Crippen molar-refractivity contribution in [2.24, 2.45) is 0 Å². The normalized spacial score (nSPS) is 21.6. The van der Waals surface area contributed by atoms with E-state index in [1.54, 1.807) is 12.1 Å². The predicted octanol–water partition coefficient (Wildman–Crippen LogP) is 1.50. The second kappa shape index (κ2) is 6.87. The van der Waals surface area contributed by atoms with Crippen LogP contribution in [0.4, 0.5) is 0 Å². The zero-order chi connectivity index (χ0) is 15.5. The van der Waals surface area contributed by atoms with E-state index in [9.17, 15) is 13.5 Å². The minimum atomic E-state index is -3.50. The van der Waals surface area contributed by atoms with Crippen LogP contribution in [0.3, 0.4) is 0 Å². The van der Waals surface area contributed by atoms with Crippen molar-refractivity contribution in [1.82, 2.24) is 9.62 Å². The predicted molar refractivity (Wildman–Crippen MR) is 82.5 cm³/mol. The van der Waals surface area contributed by atoms with E-state index in [4.69, 9.17) is 0 Å². The molecule has 118 valence electrons. The molecule has 0 saturated carbocycles. The standard InChI is InChI=1S/C15H24N2O3S/c1-3-16-12(2)13-6-8-15(9-7-13)21(19,20)17-10-4-5-14(17)11-18/h6-9,12,14,16,18H,3-5,10-11H2,1-2H3. The van der Waals surface area contributed by atoms with E-state index in [0.717, 1.165) is 24.9 Å². The quantitative estimate of drug-likeness (QED) is 0.835. The second-order valence-corrected chi connectivity index (χ2v) is 7.33. The first-order valence-corrected chi connectivity index (χ1v) is 8.90. The van der Waals surface area contributed by atoms with Crippen LogP contribution in [0.2, 0.25) is 0 Å². The van der Waals surface area contributed by atoms with Crippen molar-refractivity contribution in [3.05, 3.63) is 29.8 Å². The van der Waals surface area contributed by atoms with Gasteiger partial charge < -0.3 is 10.4 Å². The summed E-state index contributed by atoms with van der Waals surface area (Å²) in [7, 11) is -3.50. The summed E-state index contributed by atoms with van der Waals surface area (Å²) in [6.07, 6.45) is 1.53. The van der Waals surface area contributed by atoms with Gasteiger partial charge in [-0.2, -0.15) is 4.31 Å². The first kappa shape index (κ1) is 16.4. The second-order valence-electron chi connectivity index (χ2n) is 5.44. The third-order valence-corrected chi connectivity index (χ3v) is 6.00. The highest BCUT2D eigenvalue weighted by atomic mass is 32.2. The maximum Gasteiger partial charge on any atom is 0.243 e. The molecule has 0 amide bonds. The molecule has 1 aliphatic rings. The Kier molecular flexibility index (Phi) is 5.37. The summed E-state index contributed by atoms with van der Waals surface area (Å²) in [5.41, 5.74) is 1.07. The minimum Gasteiger partial charge on any atom is -0.395 e. The van der Waals surface area contributed by atoms with Crippen molar-refractivity contribution < 1.29 is 13.5 Å². The van der Waals surface area contributed by atoms with Gasteiger partial charge in [-0.15, -0.1) is 0 Å². The van der Waals surface area contributed by atoms with Gasteiger partial charge >= 0.3 is 0 Å². The van der Waals surface area contributed by atoms with E-state index >= 15 is 0 Å². The molecule has 1 saturated heterocycles. The van der Waals surface area contributed by atoms with E-state index < -0.39 is 10.0 Å². The third kappa shape index (κ3) is 3.45. The van der Waals surface area contributed by atoms with Gasteiger partial charge in [0.1, 0.15) is 0 Å². The Morgan fingerprint density at radius 3 is 2.62 bits per heavy atom. The van der Waals surface area contributed by atoms with Gasteiger partial charge in [-0.05, 0) is 44.0 Å². The molecule has 1 aromatic rings. The van der Waals surface area contributed by atoms with Crippen molar-refractivity contribution in [1.29, 1.82) is 0 Å². The lowest BCUT2D eigenvalue weighted by atomic mass is 10.1. The Hall–Kier alpha value is -0.950. The molecule has 2 rings (SSSR count). The monoisotopic (exact) mass is 312 g/mol. The van der Waals surface area contributed by atoms with Crippen molar-refractivity contribution in [2.75, 3.05) is 19.7 Å². The molecule has 0 bridgehead atoms. The lowest BCUT2D eigenvalue weighted by molar-refractivity contribution is 0.213. The number of aliphatic hydroxyl groups is 1. The Morgan fingerprint density at radius 2 is 2.05 bits per heavy atom. The van der Waals surface area contributed by atoms with E-state index in [1.807, 2.05) is 19.1 Å². The van der Waals surface area contributed by atoms with Gasteiger partial charge in [-0.3, -0.25) is 0 Å². The van der Waals surface area contributed by atoms with E-state index in [0.29, 0.717) is 11.4 Å². The molecule has 2 atom stereocenters. The molecule has 2 N–H and O–H groups in total. The zero-order valence-electron chi connectivity index (χ0n) is 12.6. The molecule has 2 unspecified atom stereocenters. The van der Waals surface area contributed by atoms with Crippen LogP contribution in [-0.4, -0.2) is 43.6 Å². The summed E-state index contributed by atoms with van der Waals surface area (Å²) in [5, 5.41) is 12.6. The van der Waals surface area contributed by atoms with E-state index in [-0.39, 0.29) is 18.7 Å². The van der Waals surface area contributed by atoms with Crippen LogP contribution in [-0.2, 0) is 10.0 Å². The van der Waals surface area contributed by atoms with Crippen molar-refractivity contribution in [3.8, 4) is 0 Å². The van der Waals surface area contributed by atoms with E-state index in [1.165, 1.54) is 4.31 Å². The molecule has 0 spiro atoms. The van der Waals surface area contributed by atoms with Crippen molar-refractivity contribution >= 4 is 10.0 Å². The molecule has 5 nitrogen and oxygen atoms in total. The highest BCUT2D eigenvalue weighted by molar-refractivity contribution is 7.89. The summed E-state index contributed by atoms with van der Waals surface area (Å²) >= 11 is 0. The lowest BCUT2D eigenvalue weighted by Gasteiger charge is -2.22. The number of hydrogen-bond donors (Lipinski definition) is 2. The van der Waals surface area contributed by atoms with E-state index in [2.05, 4.69) is 12.2 Å². The molecule has 6 heteroatoms. The number of nitrogens with zero attached hydrogens (tertiary/aromatic N) is 1. The highest BCUT2D eigenvalue weighted by Gasteiger charge is 2.34. The van der Waals surface area contributed by atoms with Gasteiger partial charge in [-0.1, -0.05) is 19.1 Å². The molecule has 0 aromatic heterocycles. The molecule has 1 fully saturated rings. The Morgan fingerprint density at radius 1 is 1.38 bits per heavy atom. The van der Waals surface area contributed by atoms with Crippen LogP contribution in [0.5, 0.6) is 0 Å². The summed E-state index contributed by atoms with van der Waals surface area (Å²) < 4.78 is 26.6. The molecular formula is C15H24N2O3S. The summed E-state index contributed by atoms with van der Waals surface area (Å²) in [4.78, 5) is 0.301. The Labute approximate surface area is 127 Å².